The Balaban J connectivity index is 1.73. The molecule has 0 spiro atoms. The molecule has 0 saturated heterocycles. The molecule has 29 heavy (non-hydrogen) atoms. The second kappa shape index (κ2) is 8.42. The Morgan fingerprint density at radius 3 is 2.62 bits per heavy atom. The van der Waals surface area contributed by atoms with Crippen molar-refractivity contribution in [2.75, 3.05) is 23.9 Å². The number of nitrogens with one attached hydrogen (secondary N) is 1. The number of halogens is 1. The molecule has 0 aliphatic carbocycles. The van der Waals surface area contributed by atoms with Crippen LogP contribution in [0.5, 0.6) is 11.5 Å². The molecule has 0 fully saturated rings. The number of anilines is 1. The maximum atomic E-state index is 12.3. The summed E-state index contributed by atoms with van der Waals surface area (Å²) >= 11 is 3.40. The lowest BCUT2D eigenvalue weighted by Gasteiger charge is -2.23. The van der Waals surface area contributed by atoms with Crippen LogP contribution in [0.4, 0.5) is 5.69 Å². The molecule has 8 nitrogen and oxygen atoms in total. The molecule has 0 unspecified atom stereocenters. The minimum absolute atomic E-state index is 0.152. The molecule has 10 heteroatoms. The number of carbonyl (C=O) groups excluding carboxylic acids is 1. The summed E-state index contributed by atoms with van der Waals surface area (Å²) in [6, 6.07) is 8.90. The molecule has 0 bridgehead atoms. The molecule has 1 N–H and O–H groups in total. The van der Waals surface area contributed by atoms with Gasteiger partial charge in [0, 0.05) is 10.0 Å². The maximum absolute atomic E-state index is 12.3. The second-order valence-electron chi connectivity index (χ2n) is 6.58. The summed E-state index contributed by atoms with van der Waals surface area (Å²) in [5.74, 6) is 0.638. The Kier molecular flexibility index (Phi) is 6.13. The summed E-state index contributed by atoms with van der Waals surface area (Å²) < 4.78 is 36.9. The molecule has 0 aromatic heterocycles. The Morgan fingerprint density at radius 2 is 1.93 bits per heavy atom. The van der Waals surface area contributed by atoms with Crippen LogP contribution in [0.1, 0.15) is 16.7 Å². The first-order chi connectivity index (χ1) is 13.6. The number of hydrogen-bond donors (Lipinski definition) is 1. The summed E-state index contributed by atoms with van der Waals surface area (Å²) in [5, 5.41) is 3.92. The predicted molar refractivity (Wildman–Crippen MR) is 114 cm³/mol. The molecule has 1 aliphatic heterocycles. The van der Waals surface area contributed by atoms with Crippen LogP contribution in [-0.2, 0) is 14.8 Å². The van der Waals surface area contributed by atoms with E-state index in [1.165, 1.54) is 6.21 Å². The zero-order valence-electron chi connectivity index (χ0n) is 16.1. The smallest absolute Gasteiger partial charge is 0.260 e. The van der Waals surface area contributed by atoms with Gasteiger partial charge >= 0.3 is 0 Å². The van der Waals surface area contributed by atoms with E-state index >= 15 is 0 Å². The van der Waals surface area contributed by atoms with Crippen molar-refractivity contribution in [1.29, 1.82) is 0 Å². The van der Waals surface area contributed by atoms with Crippen LogP contribution in [0, 0.1) is 13.8 Å². The minimum Gasteiger partial charge on any atom is -0.454 e. The number of fused-ring (bicyclic) bond motifs is 1. The summed E-state index contributed by atoms with van der Waals surface area (Å²) in [6.45, 7) is 3.42. The van der Waals surface area contributed by atoms with Gasteiger partial charge in [-0.3, -0.25) is 9.10 Å². The van der Waals surface area contributed by atoms with Crippen LogP contribution in [0.25, 0.3) is 0 Å². The van der Waals surface area contributed by atoms with Crippen molar-refractivity contribution in [3.05, 3.63) is 51.5 Å². The number of ether oxygens (including phenoxy) is 2. The van der Waals surface area contributed by atoms with Crippen molar-refractivity contribution in [2.45, 2.75) is 13.8 Å². The minimum atomic E-state index is -3.66. The number of sulfonamides is 1. The van der Waals surface area contributed by atoms with Gasteiger partial charge in [-0.05, 0) is 59.1 Å². The normalized spacial score (nSPS) is 13.0. The maximum Gasteiger partial charge on any atom is 0.260 e. The fourth-order valence-electron chi connectivity index (χ4n) is 2.74. The highest BCUT2D eigenvalue weighted by molar-refractivity contribution is 9.10. The topological polar surface area (TPSA) is 97.3 Å². The Morgan fingerprint density at radius 1 is 1.24 bits per heavy atom. The Labute approximate surface area is 177 Å². The number of hydrazone groups is 1. The first kappa shape index (κ1) is 21.1. The number of carbonyl (C=O) groups is 1. The number of hydrogen-bond acceptors (Lipinski definition) is 6. The van der Waals surface area contributed by atoms with Crippen molar-refractivity contribution in [3.8, 4) is 11.5 Å². The van der Waals surface area contributed by atoms with Gasteiger partial charge in [-0.2, -0.15) is 5.10 Å². The van der Waals surface area contributed by atoms with Gasteiger partial charge in [-0.15, -0.1) is 0 Å². The molecule has 3 rings (SSSR count). The molecule has 0 radical (unpaired) electrons. The summed E-state index contributed by atoms with van der Waals surface area (Å²) in [7, 11) is -3.66. The van der Waals surface area contributed by atoms with Gasteiger partial charge in [-0.25, -0.2) is 13.8 Å². The van der Waals surface area contributed by atoms with E-state index in [1.54, 1.807) is 25.1 Å². The Hall–Kier alpha value is -2.59. The summed E-state index contributed by atoms with van der Waals surface area (Å²) in [5.41, 5.74) is 5.14. The quantitative estimate of drug-likeness (QED) is 0.505. The molecular weight excluding hydrogens is 462 g/mol. The van der Waals surface area contributed by atoms with Crippen molar-refractivity contribution in [3.63, 3.8) is 0 Å². The van der Waals surface area contributed by atoms with Crippen LogP contribution in [0.3, 0.4) is 0 Å². The van der Waals surface area contributed by atoms with Crippen LogP contribution in [0.2, 0.25) is 0 Å². The van der Waals surface area contributed by atoms with Crippen LogP contribution in [-0.4, -0.2) is 40.1 Å². The highest BCUT2D eigenvalue weighted by atomic mass is 79.9. The standard InChI is InChI=1S/C19H20BrN3O5S/c1-12-4-5-13(2)16(6-12)23(29(3,25)26)10-19(24)22-21-9-14-7-17-18(8-15(14)20)28-11-27-17/h4-9H,10-11H2,1-3H3,(H,22,24)/b21-9-. The van der Waals surface area contributed by atoms with Crippen molar-refractivity contribution in [2.24, 2.45) is 5.10 Å². The fraction of sp³-hybridized carbons (Fsp3) is 0.263. The fourth-order valence-corrected chi connectivity index (χ4v) is 4.07. The molecule has 1 amide bonds. The zero-order chi connectivity index (χ0) is 21.2. The summed E-state index contributed by atoms with van der Waals surface area (Å²) in [4.78, 5) is 12.3. The molecule has 1 heterocycles. The largest absolute Gasteiger partial charge is 0.454 e. The number of aryl methyl sites for hydroxylation is 2. The third kappa shape index (κ3) is 5.07. The van der Waals surface area contributed by atoms with Gasteiger partial charge in [0.05, 0.1) is 18.2 Å². The van der Waals surface area contributed by atoms with Crippen LogP contribution in [0.15, 0.2) is 39.9 Å². The van der Waals surface area contributed by atoms with E-state index in [0.717, 1.165) is 21.7 Å². The first-order valence-corrected chi connectivity index (χ1v) is 11.3. The lowest BCUT2D eigenvalue weighted by atomic mass is 10.1. The molecule has 0 saturated carbocycles. The van der Waals surface area contributed by atoms with Gasteiger partial charge in [0.2, 0.25) is 16.8 Å². The third-order valence-corrected chi connectivity index (χ3v) is 6.02. The van der Waals surface area contributed by atoms with E-state index in [1.807, 2.05) is 19.1 Å². The molecular formula is C19H20BrN3O5S. The average molecular weight is 482 g/mol. The van der Waals surface area contributed by atoms with Crippen LogP contribution < -0.4 is 19.2 Å². The monoisotopic (exact) mass is 481 g/mol. The van der Waals surface area contributed by atoms with Crippen molar-refractivity contribution >= 4 is 43.8 Å². The lowest BCUT2D eigenvalue weighted by Crippen LogP contribution is -2.39. The zero-order valence-corrected chi connectivity index (χ0v) is 18.5. The van der Waals surface area contributed by atoms with Gasteiger partial charge in [0.25, 0.3) is 5.91 Å². The van der Waals surface area contributed by atoms with Gasteiger partial charge < -0.3 is 9.47 Å². The van der Waals surface area contributed by atoms with E-state index in [0.29, 0.717) is 27.2 Å². The van der Waals surface area contributed by atoms with E-state index in [-0.39, 0.29) is 13.3 Å². The number of benzene rings is 2. The highest BCUT2D eigenvalue weighted by Crippen LogP contribution is 2.36. The van der Waals surface area contributed by atoms with Crippen molar-refractivity contribution in [1.82, 2.24) is 5.43 Å². The molecule has 1 aliphatic rings. The van der Waals surface area contributed by atoms with Crippen LogP contribution >= 0.6 is 15.9 Å². The number of amides is 1. The van der Waals surface area contributed by atoms with Gasteiger partial charge in [-0.1, -0.05) is 12.1 Å². The lowest BCUT2D eigenvalue weighted by molar-refractivity contribution is -0.119. The number of nitrogens with zero attached hydrogens (tertiary/aromatic N) is 2. The van der Waals surface area contributed by atoms with E-state index in [4.69, 9.17) is 9.47 Å². The van der Waals surface area contributed by atoms with Gasteiger partial charge in [0.1, 0.15) is 6.54 Å². The second-order valence-corrected chi connectivity index (χ2v) is 9.34. The molecule has 0 atom stereocenters. The van der Waals surface area contributed by atoms with E-state index in [2.05, 4.69) is 26.5 Å². The molecule has 154 valence electrons. The third-order valence-electron chi connectivity index (χ3n) is 4.21. The van der Waals surface area contributed by atoms with E-state index < -0.39 is 15.9 Å². The molecule has 2 aromatic rings. The number of rotatable bonds is 6. The Bertz CT molecular complexity index is 1090. The highest BCUT2D eigenvalue weighted by Gasteiger charge is 2.22. The predicted octanol–water partition coefficient (Wildman–Crippen LogP) is 2.71. The average Bonchev–Trinajstić information content (AvgIpc) is 3.08. The first-order valence-electron chi connectivity index (χ1n) is 8.61. The van der Waals surface area contributed by atoms with Gasteiger partial charge in [0.15, 0.2) is 11.5 Å². The SMILES string of the molecule is Cc1ccc(C)c(N(CC(=O)N/N=C\c2cc3c(cc2Br)OCO3)S(C)(=O)=O)c1. The van der Waals surface area contributed by atoms with E-state index in [9.17, 15) is 13.2 Å². The molecule has 2 aromatic carbocycles. The van der Waals surface area contributed by atoms with Crippen molar-refractivity contribution < 1.29 is 22.7 Å². The summed E-state index contributed by atoms with van der Waals surface area (Å²) in [6.07, 6.45) is 2.50.